The molecule has 84 valence electrons. The molecule has 1 aliphatic heterocycles. The summed E-state index contributed by atoms with van der Waals surface area (Å²) in [5.41, 5.74) is 0. The molecular formula is C10H20F2N2. The molecule has 14 heavy (non-hydrogen) atoms. The number of rotatable bonds is 5. The second kappa shape index (κ2) is 5.61. The van der Waals surface area contributed by atoms with Crippen molar-refractivity contribution in [1.29, 1.82) is 0 Å². The summed E-state index contributed by atoms with van der Waals surface area (Å²) < 4.78 is 24.4. The van der Waals surface area contributed by atoms with Crippen molar-refractivity contribution in [2.75, 3.05) is 19.6 Å². The Morgan fingerprint density at radius 1 is 1.21 bits per heavy atom. The van der Waals surface area contributed by atoms with E-state index in [1.54, 1.807) is 0 Å². The smallest absolute Gasteiger partial charge is 0.253 e. The summed E-state index contributed by atoms with van der Waals surface area (Å²) in [5, 5.41) is 2.87. The van der Waals surface area contributed by atoms with Crippen molar-refractivity contribution < 1.29 is 8.78 Å². The SMILES string of the molecule is CC(NCC(C)N1CCCC1)C(F)F. The van der Waals surface area contributed by atoms with Gasteiger partial charge in [0.1, 0.15) is 0 Å². The van der Waals surface area contributed by atoms with Crippen LogP contribution < -0.4 is 5.32 Å². The number of hydrogen-bond donors (Lipinski definition) is 1. The third-order valence-electron chi connectivity index (χ3n) is 2.88. The van der Waals surface area contributed by atoms with E-state index in [0.717, 1.165) is 13.1 Å². The minimum absolute atomic E-state index is 0.374. The van der Waals surface area contributed by atoms with Gasteiger partial charge in [-0.3, -0.25) is 4.90 Å². The van der Waals surface area contributed by atoms with Crippen LogP contribution in [0.2, 0.25) is 0 Å². The maximum Gasteiger partial charge on any atom is 0.253 e. The molecule has 1 rings (SSSR count). The molecular weight excluding hydrogens is 186 g/mol. The van der Waals surface area contributed by atoms with Crippen molar-refractivity contribution in [3.63, 3.8) is 0 Å². The average molecular weight is 206 g/mol. The van der Waals surface area contributed by atoms with Gasteiger partial charge < -0.3 is 5.32 Å². The van der Waals surface area contributed by atoms with Crippen molar-refractivity contribution in [2.24, 2.45) is 0 Å². The molecule has 1 fully saturated rings. The van der Waals surface area contributed by atoms with Gasteiger partial charge in [-0.05, 0) is 39.8 Å². The Kier molecular flexibility index (Phi) is 4.75. The van der Waals surface area contributed by atoms with E-state index in [1.807, 2.05) is 0 Å². The summed E-state index contributed by atoms with van der Waals surface area (Å²) in [7, 11) is 0. The normalized spacial score (nSPS) is 22.9. The van der Waals surface area contributed by atoms with Gasteiger partial charge in [-0.1, -0.05) is 0 Å². The summed E-state index contributed by atoms with van der Waals surface area (Å²) in [5.74, 6) is 0. The zero-order valence-corrected chi connectivity index (χ0v) is 8.97. The predicted octanol–water partition coefficient (Wildman–Crippen LogP) is 1.71. The van der Waals surface area contributed by atoms with Crippen molar-refractivity contribution in [3.8, 4) is 0 Å². The number of hydrogen-bond acceptors (Lipinski definition) is 2. The minimum atomic E-state index is -2.26. The highest BCUT2D eigenvalue weighted by Crippen LogP contribution is 2.11. The first-order valence-electron chi connectivity index (χ1n) is 5.37. The zero-order chi connectivity index (χ0) is 10.6. The average Bonchev–Trinajstić information content (AvgIpc) is 2.66. The summed E-state index contributed by atoms with van der Waals surface area (Å²) in [4.78, 5) is 2.35. The van der Waals surface area contributed by atoms with Crippen LogP contribution in [0.4, 0.5) is 8.78 Å². The highest BCUT2D eigenvalue weighted by atomic mass is 19.3. The summed E-state index contributed by atoms with van der Waals surface area (Å²) >= 11 is 0. The number of nitrogens with one attached hydrogen (secondary N) is 1. The number of halogens is 2. The van der Waals surface area contributed by atoms with Crippen LogP contribution in [-0.2, 0) is 0 Å². The fourth-order valence-electron chi connectivity index (χ4n) is 1.76. The van der Waals surface area contributed by atoms with Crippen LogP contribution >= 0.6 is 0 Å². The Hall–Kier alpha value is -0.220. The molecule has 0 saturated carbocycles. The third-order valence-corrected chi connectivity index (χ3v) is 2.88. The molecule has 0 radical (unpaired) electrons. The van der Waals surface area contributed by atoms with Gasteiger partial charge in [-0.2, -0.15) is 0 Å². The van der Waals surface area contributed by atoms with Crippen LogP contribution in [0, 0.1) is 0 Å². The van der Waals surface area contributed by atoms with E-state index in [9.17, 15) is 8.78 Å². The topological polar surface area (TPSA) is 15.3 Å². The van der Waals surface area contributed by atoms with Crippen LogP contribution in [0.5, 0.6) is 0 Å². The van der Waals surface area contributed by atoms with Gasteiger partial charge in [0.05, 0.1) is 6.04 Å². The first-order valence-corrected chi connectivity index (χ1v) is 5.37. The molecule has 1 heterocycles. The van der Waals surface area contributed by atoms with E-state index in [1.165, 1.54) is 19.8 Å². The van der Waals surface area contributed by atoms with Crippen molar-refractivity contribution >= 4 is 0 Å². The van der Waals surface area contributed by atoms with Gasteiger partial charge in [-0.15, -0.1) is 0 Å². The van der Waals surface area contributed by atoms with Gasteiger partial charge in [0.25, 0.3) is 6.43 Å². The Morgan fingerprint density at radius 2 is 1.79 bits per heavy atom. The monoisotopic (exact) mass is 206 g/mol. The number of nitrogens with zero attached hydrogens (tertiary/aromatic N) is 1. The van der Waals surface area contributed by atoms with E-state index in [0.29, 0.717) is 12.6 Å². The molecule has 4 heteroatoms. The fraction of sp³-hybridized carbons (Fsp3) is 1.00. The van der Waals surface area contributed by atoms with E-state index in [4.69, 9.17) is 0 Å². The molecule has 2 nitrogen and oxygen atoms in total. The zero-order valence-electron chi connectivity index (χ0n) is 8.97. The van der Waals surface area contributed by atoms with Crippen molar-refractivity contribution in [3.05, 3.63) is 0 Å². The Balaban J connectivity index is 2.16. The maximum atomic E-state index is 12.2. The highest BCUT2D eigenvalue weighted by Gasteiger charge is 2.20. The van der Waals surface area contributed by atoms with E-state index in [2.05, 4.69) is 17.1 Å². The first-order chi connectivity index (χ1) is 6.61. The second-order valence-electron chi connectivity index (χ2n) is 4.12. The molecule has 0 aromatic rings. The van der Waals surface area contributed by atoms with Crippen LogP contribution in [0.15, 0.2) is 0 Å². The molecule has 2 atom stereocenters. The van der Waals surface area contributed by atoms with Crippen LogP contribution in [-0.4, -0.2) is 43.0 Å². The lowest BCUT2D eigenvalue weighted by atomic mass is 10.2. The van der Waals surface area contributed by atoms with Crippen molar-refractivity contribution in [2.45, 2.75) is 45.2 Å². The van der Waals surface area contributed by atoms with Gasteiger partial charge >= 0.3 is 0 Å². The van der Waals surface area contributed by atoms with Crippen LogP contribution in [0.1, 0.15) is 26.7 Å². The van der Waals surface area contributed by atoms with Gasteiger partial charge in [-0.25, -0.2) is 8.78 Å². The van der Waals surface area contributed by atoms with Crippen LogP contribution in [0.3, 0.4) is 0 Å². The molecule has 0 amide bonds. The largest absolute Gasteiger partial charge is 0.308 e. The molecule has 1 aliphatic rings. The summed E-state index contributed by atoms with van der Waals surface area (Å²) in [6.07, 6.45) is 0.226. The standard InChI is InChI=1S/C10H20F2N2/c1-8(14-5-3-4-6-14)7-13-9(2)10(11)12/h8-10,13H,3-7H2,1-2H3. The van der Waals surface area contributed by atoms with E-state index in [-0.39, 0.29) is 0 Å². The van der Waals surface area contributed by atoms with Gasteiger partial charge in [0, 0.05) is 12.6 Å². The molecule has 1 saturated heterocycles. The minimum Gasteiger partial charge on any atom is -0.308 e. The molecule has 2 unspecified atom stereocenters. The van der Waals surface area contributed by atoms with Gasteiger partial charge in [0.2, 0.25) is 0 Å². The maximum absolute atomic E-state index is 12.2. The first kappa shape index (κ1) is 11.9. The summed E-state index contributed by atoms with van der Waals surface area (Å²) in [6.45, 7) is 6.52. The third kappa shape index (κ3) is 3.50. The Labute approximate surface area is 84.7 Å². The lowest BCUT2D eigenvalue weighted by Crippen LogP contribution is -2.43. The predicted molar refractivity (Wildman–Crippen MR) is 53.7 cm³/mol. The number of likely N-dealkylation sites (tertiary alicyclic amines) is 1. The lowest BCUT2D eigenvalue weighted by molar-refractivity contribution is 0.101. The molecule has 0 aliphatic carbocycles. The fourth-order valence-corrected chi connectivity index (χ4v) is 1.76. The Bertz CT molecular complexity index is 158. The lowest BCUT2D eigenvalue weighted by Gasteiger charge is -2.25. The quantitative estimate of drug-likeness (QED) is 0.736. The molecule has 0 spiro atoms. The Morgan fingerprint density at radius 3 is 2.29 bits per heavy atom. The van der Waals surface area contributed by atoms with Crippen LogP contribution in [0.25, 0.3) is 0 Å². The molecule has 0 aromatic heterocycles. The van der Waals surface area contributed by atoms with Crippen molar-refractivity contribution in [1.82, 2.24) is 10.2 Å². The highest BCUT2D eigenvalue weighted by molar-refractivity contribution is 4.76. The molecule has 0 bridgehead atoms. The van der Waals surface area contributed by atoms with E-state index < -0.39 is 12.5 Å². The number of alkyl halides is 2. The van der Waals surface area contributed by atoms with E-state index >= 15 is 0 Å². The second-order valence-corrected chi connectivity index (χ2v) is 4.12. The summed E-state index contributed by atoms with van der Waals surface area (Å²) in [6, 6.07) is -0.321. The van der Waals surface area contributed by atoms with Gasteiger partial charge in [0.15, 0.2) is 0 Å². The molecule has 1 N–H and O–H groups in total. The molecule has 0 aromatic carbocycles.